The highest BCUT2D eigenvalue weighted by Gasteiger charge is 2.31. The molecule has 0 spiro atoms. The molecule has 1 aliphatic rings. The molecule has 0 radical (unpaired) electrons. The summed E-state index contributed by atoms with van der Waals surface area (Å²) in [7, 11) is 0. The van der Waals surface area contributed by atoms with E-state index in [4.69, 9.17) is 5.11 Å². The van der Waals surface area contributed by atoms with Gasteiger partial charge in [0.1, 0.15) is 0 Å². The molecule has 0 saturated carbocycles. The van der Waals surface area contributed by atoms with E-state index in [1.807, 2.05) is 0 Å². The second-order valence-corrected chi connectivity index (χ2v) is 5.66. The van der Waals surface area contributed by atoms with Gasteiger partial charge in [0.25, 0.3) is 0 Å². The average Bonchev–Trinajstić information content (AvgIpc) is 2.56. The van der Waals surface area contributed by atoms with Gasteiger partial charge in [-0.05, 0) is 44.0 Å². The molecular weight excluding hydrogens is 370 g/mol. The number of carboxylic acids is 1. The molecule has 0 aromatic heterocycles. The number of aliphatic hydroxyl groups excluding tert-OH is 1. The number of hydrogen-bond acceptors (Lipinski definition) is 3. The Hall–Kier alpha value is -0.920. The number of hydrogen-bond donors (Lipinski definition) is 2. The van der Waals surface area contributed by atoms with Crippen molar-refractivity contribution in [1.29, 1.82) is 0 Å². The summed E-state index contributed by atoms with van der Waals surface area (Å²) in [6, 6.07) is 2.86. The van der Waals surface area contributed by atoms with Crippen LogP contribution in [0.4, 0.5) is 5.69 Å². The van der Waals surface area contributed by atoms with Crippen molar-refractivity contribution in [2.24, 2.45) is 0 Å². The molecule has 0 aliphatic carbocycles. The largest absolute Gasteiger partial charge is 0.478 e. The number of carbonyl (C=O) groups excluding carboxylic acids is 1. The Balaban J connectivity index is 2.46. The zero-order chi connectivity index (χ0) is 13.4. The van der Waals surface area contributed by atoms with Crippen molar-refractivity contribution in [3.63, 3.8) is 0 Å². The molecule has 1 heterocycles. The second-order valence-electron chi connectivity index (χ2n) is 3.96. The SMILES string of the molecule is O=C(O)c1cc(Br)c(N2CC(O)CC2=O)c(Br)c1. The maximum Gasteiger partial charge on any atom is 0.335 e. The first-order valence-corrected chi connectivity index (χ1v) is 6.69. The van der Waals surface area contributed by atoms with Crippen LogP contribution in [0.25, 0.3) is 0 Å². The third kappa shape index (κ3) is 2.43. The number of benzene rings is 1. The van der Waals surface area contributed by atoms with Crippen LogP contribution in [0.1, 0.15) is 16.8 Å². The lowest BCUT2D eigenvalue weighted by molar-refractivity contribution is -0.117. The average molecular weight is 379 g/mol. The molecule has 7 heteroatoms. The fourth-order valence-corrected chi connectivity index (χ4v) is 3.47. The van der Waals surface area contributed by atoms with E-state index in [1.54, 1.807) is 0 Å². The zero-order valence-corrected chi connectivity index (χ0v) is 12.2. The van der Waals surface area contributed by atoms with Gasteiger partial charge in [-0.2, -0.15) is 0 Å². The van der Waals surface area contributed by atoms with E-state index in [2.05, 4.69) is 31.9 Å². The van der Waals surface area contributed by atoms with Crippen molar-refractivity contribution < 1.29 is 19.8 Å². The van der Waals surface area contributed by atoms with Gasteiger partial charge in [-0.15, -0.1) is 0 Å². The molecule has 1 aliphatic heterocycles. The number of halogens is 2. The van der Waals surface area contributed by atoms with Gasteiger partial charge in [-0.1, -0.05) is 0 Å². The molecule has 96 valence electrons. The monoisotopic (exact) mass is 377 g/mol. The molecule has 1 unspecified atom stereocenters. The molecule has 5 nitrogen and oxygen atoms in total. The number of carboxylic acid groups (broad SMARTS) is 1. The van der Waals surface area contributed by atoms with Gasteiger partial charge in [0.15, 0.2) is 0 Å². The third-order valence-electron chi connectivity index (χ3n) is 2.64. The van der Waals surface area contributed by atoms with Crippen molar-refractivity contribution in [2.45, 2.75) is 12.5 Å². The maximum absolute atomic E-state index is 11.7. The van der Waals surface area contributed by atoms with Crippen molar-refractivity contribution in [3.05, 3.63) is 26.6 Å². The van der Waals surface area contributed by atoms with Gasteiger partial charge < -0.3 is 15.1 Å². The number of β-amino-alcohol motifs (C(OH)–C–C–N with tert-alkyl or cyclic N) is 1. The van der Waals surface area contributed by atoms with Crippen LogP contribution in [0.15, 0.2) is 21.1 Å². The highest BCUT2D eigenvalue weighted by atomic mass is 79.9. The zero-order valence-electron chi connectivity index (χ0n) is 9.06. The van der Waals surface area contributed by atoms with Crippen LogP contribution < -0.4 is 4.90 Å². The first kappa shape index (κ1) is 13.5. The van der Waals surface area contributed by atoms with Crippen LogP contribution >= 0.6 is 31.9 Å². The third-order valence-corrected chi connectivity index (χ3v) is 3.85. The Labute approximate surface area is 120 Å². The summed E-state index contributed by atoms with van der Waals surface area (Å²) in [4.78, 5) is 24.0. The van der Waals surface area contributed by atoms with Crippen molar-refractivity contribution in [1.82, 2.24) is 0 Å². The van der Waals surface area contributed by atoms with E-state index < -0.39 is 12.1 Å². The van der Waals surface area contributed by atoms with Gasteiger partial charge in [-0.3, -0.25) is 4.79 Å². The number of nitrogens with zero attached hydrogens (tertiary/aromatic N) is 1. The first-order valence-electron chi connectivity index (χ1n) is 5.11. The fourth-order valence-electron chi connectivity index (χ4n) is 1.85. The maximum atomic E-state index is 11.7. The minimum Gasteiger partial charge on any atom is -0.478 e. The lowest BCUT2D eigenvalue weighted by Gasteiger charge is -2.19. The lowest BCUT2D eigenvalue weighted by atomic mass is 10.2. The van der Waals surface area contributed by atoms with Crippen LogP contribution in [0.2, 0.25) is 0 Å². The Morgan fingerprint density at radius 2 is 1.89 bits per heavy atom. The Morgan fingerprint density at radius 1 is 1.33 bits per heavy atom. The molecule has 2 N–H and O–H groups in total. The van der Waals surface area contributed by atoms with Crippen LogP contribution in [-0.4, -0.2) is 34.7 Å². The molecule has 0 bridgehead atoms. The quantitative estimate of drug-likeness (QED) is 0.825. The summed E-state index contributed by atoms with van der Waals surface area (Å²) in [5.74, 6) is -1.23. The van der Waals surface area contributed by atoms with Crippen LogP contribution in [0, 0.1) is 0 Å². The molecule has 1 atom stereocenters. The highest BCUT2D eigenvalue weighted by molar-refractivity contribution is 9.11. The summed E-state index contributed by atoms with van der Waals surface area (Å²) in [5, 5.41) is 18.4. The van der Waals surface area contributed by atoms with Crippen molar-refractivity contribution in [2.75, 3.05) is 11.4 Å². The van der Waals surface area contributed by atoms with Gasteiger partial charge >= 0.3 is 5.97 Å². The van der Waals surface area contributed by atoms with E-state index in [0.717, 1.165) is 0 Å². The molecule has 1 amide bonds. The molecule has 1 fully saturated rings. The fraction of sp³-hybridized carbons (Fsp3) is 0.273. The summed E-state index contributed by atoms with van der Waals surface area (Å²) < 4.78 is 0.994. The summed E-state index contributed by atoms with van der Waals surface area (Å²) in [6.45, 7) is 0.211. The van der Waals surface area contributed by atoms with Gasteiger partial charge in [0.05, 0.1) is 30.3 Å². The highest BCUT2D eigenvalue weighted by Crippen LogP contribution is 2.37. The van der Waals surface area contributed by atoms with Crippen molar-refractivity contribution in [3.8, 4) is 0 Å². The number of rotatable bonds is 2. The first-order chi connectivity index (χ1) is 8.40. The van der Waals surface area contributed by atoms with E-state index in [9.17, 15) is 14.7 Å². The number of aromatic carboxylic acids is 1. The minimum atomic E-state index is -1.05. The summed E-state index contributed by atoms with van der Waals surface area (Å²) in [5.41, 5.74) is 0.659. The Kier molecular flexibility index (Phi) is 3.74. The second kappa shape index (κ2) is 4.99. The number of aliphatic hydroxyl groups is 1. The molecule has 2 rings (SSSR count). The van der Waals surface area contributed by atoms with E-state index >= 15 is 0 Å². The Morgan fingerprint density at radius 3 is 2.28 bits per heavy atom. The molecule has 1 saturated heterocycles. The minimum absolute atomic E-state index is 0.0829. The van der Waals surface area contributed by atoms with E-state index in [-0.39, 0.29) is 24.4 Å². The lowest BCUT2D eigenvalue weighted by Crippen LogP contribution is -2.26. The topological polar surface area (TPSA) is 77.8 Å². The van der Waals surface area contributed by atoms with Gasteiger partial charge in [-0.25, -0.2) is 4.79 Å². The summed E-state index contributed by atoms with van der Waals surface area (Å²) in [6.07, 6.45) is -0.602. The number of carbonyl (C=O) groups is 2. The smallest absolute Gasteiger partial charge is 0.335 e. The number of anilines is 1. The molecule has 18 heavy (non-hydrogen) atoms. The molecule has 1 aromatic rings. The molecular formula is C11H9Br2NO4. The normalized spacial score (nSPS) is 19.4. The standard InChI is InChI=1S/C11H9Br2NO4/c12-7-1-5(11(17)18)2-8(13)10(7)14-4-6(15)3-9(14)16/h1-2,6,15H,3-4H2,(H,17,18). The van der Waals surface area contributed by atoms with Crippen LogP contribution in [0.3, 0.4) is 0 Å². The number of amides is 1. The van der Waals surface area contributed by atoms with Crippen molar-refractivity contribution >= 4 is 49.4 Å². The van der Waals surface area contributed by atoms with Crippen LogP contribution in [0.5, 0.6) is 0 Å². The van der Waals surface area contributed by atoms with E-state index in [0.29, 0.717) is 14.6 Å². The molecule has 1 aromatic carbocycles. The predicted octanol–water partition coefficient (Wildman–Crippen LogP) is 2.01. The predicted molar refractivity (Wildman–Crippen MR) is 71.8 cm³/mol. The Bertz CT molecular complexity index is 509. The van der Waals surface area contributed by atoms with Gasteiger partial charge in [0.2, 0.25) is 5.91 Å². The van der Waals surface area contributed by atoms with E-state index in [1.165, 1.54) is 17.0 Å². The van der Waals surface area contributed by atoms with Gasteiger partial charge in [0, 0.05) is 8.95 Å². The van der Waals surface area contributed by atoms with Crippen LogP contribution in [-0.2, 0) is 4.79 Å². The summed E-state index contributed by atoms with van der Waals surface area (Å²) >= 11 is 6.51.